The molecule has 2 atom stereocenters. The first-order valence-corrected chi connectivity index (χ1v) is 6.35. The predicted molar refractivity (Wildman–Crippen MR) is 67.5 cm³/mol. The third kappa shape index (κ3) is 3.31. The summed E-state index contributed by atoms with van der Waals surface area (Å²) in [5, 5.41) is 11.7. The Morgan fingerprint density at radius 1 is 1.53 bits per heavy atom. The van der Waals surface area contributed by atoms with Gasteiger partial charge in [0.2, 0.25) is 0 Å². The first-order chi connectivity index (χ1) is 9.10. The van der Waals surface area contributed by atoms with Crippen LogP contribution in [0, 0.1) is 5.92 Å². The lowest BCUT2D eigenvalue weighted by Crippen LogP contribution is -2.33. The van der Waals surface area contributed by atoms with E-state index in [-0.39, 0.29) is 17.9 Å². The molecule has 1 heterocycles. The number of amides is 1. The fraction of sp³-hybridized carbons (Fsp3) is 0.583. The van der Waals surface area contributed by atoms with Gasteiger partial charge < -0.3 is 20.7 Å². The summed E-state index contributed by atoms with van der Waals surface area (Å²) in [6, 6.07) is -0.0757. The Morgan fingerprint density at radius 2 is 2.32 bits per heavy atom. The van der Waals surface area contributed by atoms with Gasteiger partial charge in [-0.3, -0.25) is 9.59 Å². The Kier molecular flexibility index (Phi) is 4.16. The fourth-order valence-corrected chi connectivity index (χ4v) is 2.34. The highest BCUT2D eigenvalue weighted by molar-refractivity contribution is 5.92. The number of nitrogens with two attached hydrogens (primary N) is 1. The maximum atomic E-state index is 11.9. The Labute approximate surface area is 110 Å². The molecule has 1 aromatic rings. The minimum atomic E-state index is -0.788. The molecule has 1 amide bonds. The number of hydrogen-bond donors (Lipinski definition) is 3. The standard InChI is InChI=1S/C12H18N4O3/c13-3-4-16-6-10(14-7-16)11(17)15-9-2-1-8(5-9)12(18)19/h6-9H,1-5,13H2,(H,15,17)(H,18,19). The zero-order chi connectivity index (χ0) is 13.8. The molecular weight excluding hydrogens is 248 g/mol. The summed E-state index contributed by atoms with van der Waals surface area (Å²) in [7, 11) is 0. The van der Waals surface area contributed by atoms with Gasteiger partial charge in [0, 0.05) is 25.3 Å². The summed E-state index contributed by atoms with van der Waals surface area (Å²) in [5.41, 5.74) is 5.76. The average Bonchev–Trinajstić information content (AvgIpc) is 2.98. The summed E-state index contributed by atoms with van der Waals surface area (Å²) in [6.07, 6.45) is 5.01. The fourth-order valence-electron chi connectivity index (χ4n) is 2.34. The lowest BCUT2D eigenvalue weighted by Gasteiger charge is -2.10. The van der Waals surface area contributed by atoms with Crippen molar-refractivity contribution in [3.8, 4) is 0 Å². The van der Waals surface area contributed by atoms with E-state index in [1.54, 1.807) is 17.1 Å². The first-order valence-electron chi connectivity index (χ1n) is 6.35. The molecule has 4 N–H and O–H groups in total. The van der Waals surface area contributed by atoms with Gasteiger partial charge in [-0.15, -0.1) is 0 Å². The molecule has 7 heteroatoms. The van der Waals surface area contributed by atoms with Crippen LogP contribution in [0.5, 0.6) is 0 Å². The summed E-state index contributed by atoms with van der Waals surface area (Å²) in [5.74, 6) is -1.39. The van der Waals surface area contributed by atoms with Crippen molar-refractivity contribution in [2.24, 2.45) is 11.7 Å². The van der Waals surface area contributed by atoms with Crippen LogP contribution in [0.15, 0.2) is 12.5 Å². The van der Waals surface area contributed by atoms with Gasteiger partial charge in [-0.25, -0.2) is 4.98 Å². The number of aliphatic carboxylic acids is 1. The van der Waals surface area contributed by atoms with Crippen LogP contribution in [0.3, 0.4) is 0 Å². The van der Waals surface area contributed by atoms with Crippen molar-refractivity contribution >= 4 is 11.9 Å². The van der Waals surface area contributed by atoms with Crippen molar-refractivity contribution in [3.63, 3.8) is 0 Å². The highest BCUT2D eigenvalue weighted by atomic mass is 16.4. The van der Waals surface area contributed by atoms with Crippen LogP contribution >= 0.6 is 0 Å². The second kappa shape index (κ2) is 5.83. The second-order valence-corrected chi connectivity index (χ2v) is 4.80. The zero-order valence-electron chi connectivity index (χ0n) is 10.6. The zero-order valence-corrected chi connectivity index (χ0v) is 10.6. The van der Waals surface area contributed by atoms with Crippen LogP contribution in [0.1, 0.15) is 29.8 Å². The second-order valence-electron chi connectivity index (χ2n) is 4.80. The molecule has 0 bridgehead atoms. The van der Waals surface area contributed by atoms with E-state index in [9.17, 15) is 9.59 Å². The molecule has 2 rings (SSSR count). The maximum absolute atomic E-state index is 11.9. The molecule has 0 aromatic carbocycles. The van der Waals surface area contributed by atoms with Crippen LogP contribution in [0.4, 0.5) is 0 Å². The van der Waals surface area contributed by atoms with Gasteiger partial charge in [0.1, 0.15) is 5.69 Å². The smallest absolute Gasteiger partial charge is 0.306 e. The van der Waals surface area contributed by atoms with Crippen LogP contribution in [0.2, 0.25) is 0 Å². The van der Waals surface area contributed by atoms with E-state index in [1.807, 2.05) is 0 Å². The number of carboxylic acids is 1. The molecule has 1 aromatic heterocycles. The SMILES string of the molecule is NCCn1cnc(C(=O)NC2CCC(C(=O)O)C2)c1. The van der Waals surface area contributed by atoms with Gasteiger partial charge in [-0.1, -0.05) is 0 Å². The molecule has 19 heavy (non-hydrogen) atoms. The van der Waals surface area contributed by atoms with Crippen molar-refractivity contribution < 1.29 is 14.7 Å². The highest BCUT2D eigenvalue weighted by Crippen LogP contribution is 2.25. The molecule has 0 saturated heterocycles. The van der Waals surface area contributed by atoms with Gasteiger partial charge in [-0.2, -0.15) is 0 Å². The summed E-state index contributed by atoms with van der Waals surface area (Å²) >= 11 is 0. The number of imidazole rings is 1. The highest BCUT2D eigenvalue weighted by Gasteiger charge is 2.30. The monoisotopic (exact) mass is 266 g/mol. The van der Waals surface area contributed by atoms with Gasteiger partial charge in [0.25, 0.3) is 5.91 Å². The van der Waals surface area contributed by atoms with E-state index in [1.165, 1.54) is 0 Å². The van der Waals surface area contributed by atoms with Crippen molar-refractivity contribution in [3.05, 3.63) is 18.2 Å². The van der Waals surface area contributed by atoms with Crippen LogP contribution in [-0.4, -0.2) is 39.1 Å². The minimum Gasteiger partial charge on any atom is -0.481 e. The number of carbonyl (C=O) groups excluding carboxylic acids is 1. The lowest BCUT2D eigenvalue weighted by atomic mass is 10.1. The normalized spacial score (nSPS) is 22.4. The van der Waals surface area contributed by atoms with Gasteiger partial charge in [-0.05, 0) is 19.3 Å². The average molecular weight is 266 g/mol. The maximum Gasteiger partial charge on any atom is 0.306 e. The third-order valence-electron chi connectivity index (χ3n) is 3.37. The van der Waals surface area contributed by atoms with Crippen molar-refractivity contribution in [2.45, 2.75) is 31.8 Å². The van der Waals surface area contributed by atoms with Crippen molar-refractivity contribution in [2.75, 3.05) is 6.54 Å². The lowest BCUT2D eigenvalue weighted by molar-refractivity contribution is -0.141. The largest absolute Gasteiger partial charge is 0.481 e. The van der Waals surface area contributed by atoms with E-state index < -0.39 is 5.97 Å². The van der Waals surface area contributed by atoms with Gasteiger partial charge in [0.15, 0.2) is 0 Å². The number of nitrogens with one attached hydrogen (secondary N) is 1. The van der Waals surface area contributed by atoms with Crippen LogP contribution < -0.4 is 11.1 Å². The minimum absolute atomic E-state index is 0.0757. The van der Waals surface area contributed by atoms with Crippen molar-refractivity contribution in [1.29, 1.82) is 0 Å². The third-order valence-corrected chi connectivity index (χ3v) is 3.37. The summed E-state index contributed by atoms with van der Waals surface area (Å²) in [6.45, 7) is 1.10. The molecule has 104 valence electrons. The number of hydrogen-bond acceptors (Lipinski definition) is 4. The number of carboxylic acid groups (broad SMARTS) is 1. The number of aromatic nitrogens is 2. The first kappa shape index (κ1) is 13.5. The molecule has 2 unspecified atom stereocenters. The van der Waals surface area contributed by atoms with E-state index in [0.29, 0.717) is 38.0 Å². The Hall–Kier alpha value is -1.89. The number of rotatable bonds is 5. The van der Waals surface area contributed by atoms with E-state index >= 15 is 0 Å². The molecule has 1 aliphatic carbocycles. The Bertz CT molecular complexity index is 471. The number of carbonyl (C=O) groups is 2. The van der Waals surface area contributed by atoms with Crippen LogP contribution in [-0.2, 0) is 11.3 Å². The summed E-state index contributed by atoms with van der Waals surface area (Å²) in [4.78, 5) is 26.8. The molecule has 1 fully saturated rings. The molecule has 7 nitrogen and oxygen atoms in total. The van der Waals surface area contributed by atoms with E-state index in [4.69, 9.17) is 10.8 Å². The van der Waals surface area contributed by atoms with E-state index in [2.05, 4.69) is 10.3 Å². The van der Waals surface area contributed by atoms with Crippen molar-refractivity contribution in [1.82, 2.24) is 14.9 Å². The Balaban J connectivity index is 1.88. The summed E-state index contributed by atoms with van der Waals surface area (Å²) < 4.78 is 1.75. The molecule has 0 aliphatic heterocycles. The quantitative estimate of drug-likeness (QED) is 0.685. The predicted octanol–water partition coefficient (Wildman–Crippen LogP) is -0.175. The topological polar surface area (TPSA) is 110 Å². The van der Waals surface area contributed by atoms with Gasteiger partial charge in [0.05, 0.1) is 12.2 Å². The molecule has 0 spiro atoms. The Morgan fingerprint density at radius 3 is 2.95 bits per heavy atom. The van der Waals surface area contributed by atoms with Crippen LogP contribution in [0.25, 0.3) is 0 Å². The number of nitrogens with zero attached hydrogens (tertiary/aromatic N) is 2. The molecular formula is C12H18N4O3. The molecule has 0 radical (unpaired) electrons. The van der Waals surface area contributed by atoms with Gasteiger partial charge >= 0.3 is 5.97 Å². The van der Waals surface area contributed by atoms with E-state index in [0.717, 1.165) is 0 Å². The molecule has 1 aliphatic rings. The molecule has 1 saturated carbocycles.